The van der Waals surface area contributed by atoms with Crippen LogP contribution in [-0.2, 0) is 6.42 Å². The normalized spacial score (nSPS) is 12.4. The molecule has 0 bridgehead atoms. The van der Waals surface area contributed by atoms with Crippen LogP contribution in [0.1, 0.15) is 22.7 Å². The Bertz CT molecular complexity index is 597. The second-order valence-corrected chi connectivity index (χ2v) is 5.46. The molecule has 0 saturated carbocycles. The zero-order chi connectivity index (χ0) is 14.7. The van der Waals surface area contributed by atoms with Crippen molar-refractivity contribution in [2.24, 2.45) is 5.84 Å². The van der Waals surface area contributed by atoms with Crippen LogP contribution in [-0.4, -0.2) is 0 Å². The van der Waals surface area contributed by atoms with Crippen LogP contribution in [0.2, 0.25) is 10.0 Å². The van der Waals surface area contributed by atoms with Crippen molar-refractivity contribution in [1.82, 2.24) is 5.43 Å². The van der Waals surface area contributed by atoms with E-state index in [4.69, 9.17) is 29.0 Å². The molecule has 2 rings (SSSR count). The van der Waals surface area contributed by atoms with Crippen LogP contribution in [0.25, 0.3) is 0 Å². The first kappa shape index (κ1) is 15.3. The van der Waals surface area contributed by atoms with Gasteiger partial charge < -0.3 is 0 Å². The van der Waals surface area contributed by atoms with E-state index in [-0.39, 0.29) is 5.82 Å². The molecule has 0 aromatic heterocycles. The lowest BCUT2D eigenvalue weighted by Crippen LogP contribution is -2.30. The van der Waals surface area contributed by atoms with Crippen LogP contribution in [0, 0.1) is 12.7 Å². The smallest absolute Gasteiger partial charge is 0.128 e. The van der Waals surface area contributed by atoms with Crippen LogP contribution >= 0.6 is 23.2 Å². The SMILES string of the molecule is Cc1ccc(F)c(C(Cc2c(Cl)cccc2Cl)NN)c1. The number of rotatable bonds is 4. The second kappa shape index (κ2) is 6.55. The van der Waals surface area contributed by atoms with E-state index >= 15 is 0 Å². The Morgan fingerprint density at radius 3 is 2.45 bits per heavy atom. The molecule has 0 spiro atoms. The summed E-state index contributed by atoms with van der Waals surface area (Å²) in [4.78, 5) is 0. The molecule has 1 atom stereocenters. The largest absolute Gasteiger partial charge is 0.271 e. The molecule has 3 N–H and O–H groups in total. The van der Waals surface area contributed by atoms with E-state index < -0.39 is 6.04 Å². The van der Waals surface area contributed by atoms with Crippen molar-refractivity contribution in [2.75, 3.05) is 0 Å². The molecular formula is C15H15Cl2FN2. The number of aryl methyl sites for hydroxylation is 1. The number of nitrogens with two attached hydrogens (primary N) is 1. The lowest BCUT2D eigenvalue weighted by atomic mass is 9.97. The first-order valence-corrected chi connectivity index (χ1v) is 6.93. The highest BCUT2D eigenvalue weighted by molar-refractivity contribution is 6.36. The van der Waals surface area contributed by atoms with Gasteiger partial charge in [-0.15, -0.1) is 0 Å². The summed E-state index contributed by atoms with van der Waals surface area (Å²) in [6.07, 6.45) is 0.412. The summed E-state index contributed by atoms with van der Waals surface area (Å²) < 4.78 is 13.9. The fourth-order valence-corrected chi connectivity index (χ4v) is 2.67. The molecule has 0 aliphatic carbocycles. The van der Waals surface area contributed by atoms with Gasteiger partial charge in [0.1, 0.15) is 5.82 Å². The number of nitrogens with one attached hydrogen (secondary N) is 1. The minimum absolute atomic E-state index is 0.304. The number of halogens is 3. The van der Waals surface area contributed by atoms with E-state index in [0.717, 1.165) is 11.1 Å². The van der Waals surface area contributed by atoms with E-state index in [1.165, 1.54) is 6.07 Å². The molecule has 2 aromatic rings. The molecule has 0 aliphatic heterocycles. The summed E-state index contributed by atoms with van der Waals surface area (Å²) in [6, 6.07) is 9.80. The van der Waals surface area contributed by atoms with Gasteiger partial charge in [0, 0.05) is 15.6 Å². The molecule has 2 nitrogen and oxygen atoms in total. The minimum atomic E-state index is -0.396. The summed E-state index contributed by atoms with van der Waals surface area (Å²) in [5.41, 5.74) is 4.85. The lowest BCUT2D eigenvalue weighted by Gasteiger charge is -2.19. The predicted octanol–water partition coefficient (Wildman–Crippen LogP) is 4.19. The molecule has 0 saturated heterocycles. The average Bonchev–Trinajstić information content (AvgIpc) is 2.42. The van der Waals surface area contributed by atoms with E-state index in [1.54, 1.807) is 30.3 Å². The van der Waals surface area contributed by atoms with Crippen LogP contribution in [0.3, 0.4) is 0 Å². The third kappa shape index (κ3) is 3.30. The van der Waals surface area contributed by atoms with Crippen molar-refractivity contribution in [2.45, 2.75) is 19.4 Å². The molecule has 0 fully saturated rings. The zero-order valence-electron chi connectivity index (χ0n) is 11.0. The Kier molecular flexibility index (Phi) is 5.00. The predicted molar refractivity (Wildman–Crippen MR) is 81.4 cm³/mol. The monoisotopic (exact) mass is 312 g/mol. The van der Waals surface area contributed by atoms with E-state index in [9.17, 15) is 4.39 Å². The van der Waals surface area contributed by atoms with Crippen molar-refractivity contribution in [3.63, 3.8) is 0 Å². The Balaban J connectivity index is 2.36. The molecule has 5 heteroatoms. The molecule has 1 unspecified atom stereocenters. The van der Waals surface area contributed by atoms with Crippen LogP contribution in [0.15, 0.2) is 36.4 Å². The van der Waals surface area contributed by atoms with Gasteiger partial charge in [-0.1, -0.05) is 47.0 Å². The summed E-state index contributed by atoms with van der Waals surface area (Å²) in [5, 5.41) is 1.09. The van der Waals surface area contributed by atoms with Gasteiger partial charge in [-0.05, 0) is 37.1 Å². The second-order valence-electron chi connectivity index (χ2n) is 4.65. The first-order chi connectivity index (χ1) is 9.52. The first-order valence-electron chi connectivity index (χ1n) is 6.18. The quantitative estimate of drug-likeness (QED) is 0.656. The van der Waals surface area contributed by atoms with Crippen LogP contribution < -0.4 is 11.3 Å². The Hall–Kier alpha value is -1.13. The number of hydrazine groups is 1. The highest BCUT2D eigenvalue weighted by Crippen LogP contribution is 2.30. The minimum Gasteiger partial charge on any atom is -0.271 e. The van der Waals surface area contributed by atoms with Gasteiger partial charge in [0.15, 0.2) is 0 Å². The number of benzene rings is 2. The van der Waals surface area contributed by atoms with Crippen molar-refractivity contribution >= 4 is 23.2 Å². The summed E-state index contributed by atoms with van der Waals surface area (Å²) in [5.74, 6) is 5.26. The third-order valence-corrected chi connectivity index (χ3v) is 3.91. The van der Waals surface area contributed by atoms with Crippen molar-refractivity contribution < 1.29 is 4.39 Å². The highest BCUT2D eigenvalue weighted by atomic mass is 35.5. The highest BCUT2D eigenvalue weighted by Gasteiger charge is 2.18. The third-order valence-electron chi connectivity index (χ3n) is 3.20. The van der Waals surface area contributed by atoms with E-state index in [1.807, 2.05) is 6.92 Å². The van der Waals surface area contributed by atoms with Gasteiger partial charge in [0.05, 0.1) is 6.04 Å². The van der Waals surface area contributed by atoms with Gasteiger partial charge in [0.2, 0.25) is 0 Å². The number of hydrogen-bond donors (Lipinski definition) is 2. The Morgan fingerprint density at radius 2 is 1.85 bits per heavy atom. The average molecular weight is 313 g/mol. The standard InChI is InChI=1S/C15H15Cl2FN2/c1-9-5-6-14(18)11(7-9)15(20-19)8-10-12(16)3-2-4-13(10)17/h2-7,15,20H,8,19H2,1H3. The van der Waals surface area contributed by atoms with Gasteiger partial charge in [0.25, 0.3) is 0 Å². The molecule has 0 aliphatic rings. The molecule has 2 aromatic carbocycles. The topological polar surface area (TPSA) is 38.0 Å². The van der Waals surface area contributed by atoms with E-state index in [2.05, 4.69) is 5.43 Å². The van der Waals surface area contributed by atoms with E-state index in [0.29, 0.717) is 22.0 Å². The molecule has 106 valence electrons. The zero-order valence-corrected chi connectivity index (χ0v) is 12.5. The maximum Gasteiger partial charge on any atom is 0.128 e. The molecule has 20 heavy (non-hydrogen) atoms. The van der Waals surface area contributed by atoms with Gasteiger partial charge in [-0.2, -0.15) is 0 Å². The summed E-state index contributed by atoms with van der Waals surface area (Å²) in [7, 11) is 0. The van der Waals surface area contributed by atoms with Crippen molar-refractivity contribution in [1.29, 1.82) is 0 Å². The maximum atomic E-state index is 13.9. The summed E-state index contributed by atoms with van der Waals surface area (Å²) in [6.45, 7) is 1.90. The van der Waals surface area contributed by atoms with Gasteiger partial charge >= 0.3 is 0 Å². The van der Waals surface area contributed by atoms with Crippen LogP contribution in [0.5, 0.6) is 0 Å². The fraction of sp³-hybridized carbons (Fsp3) is 0.200. The lowest BCUT2D eigenvalue weighted by molar-refractivity contribution is 0.510. The molecule has 0 radical (unpaired) electrons. The Labute approximate surface area is 127 Å². The van der Waals surface area contributed by atoms with Crippen molar-refractivity contribution in [3.8, 4) is 0 Å². The molecular weight excluding hydrogens is 298 g/mol. The number of hydrogen-bond acceptors (Lipinski definition) is 2. The van der Waals surface area contributed by atoms with Gasteiger partial charge in [-0.3, -0.25) is 11.3 Å². The summed E-state index contributed by atoms with van der Waals surface area (Å²) >= 11 is 12.3. The molecule has 0 heterocycles. The Morgan fingerprint density at radius 1 is 1.20 bits per heavy atom. The van der Waals surface area contributed by atoms with Gasteiger partial charge in [-0.25, -0.2) is 4.39 Å². The van der Waals surface area contributed by atoms with Crippen LogP contribution in [0.4, 0.5) is 4.39 Å². The maximum absolute atomic E-state index is 13.9. The fourth-order valence-electron chi connectivity index (χ4n) is 2.12. The van der Waals surface area contributed by atoms with Crippen molar-refractivity contribution in [3.05, 3.63) is 69.0 Å². The molecule has 0 amide bonds.